The van der Waals surface area contributed by atoms with E-state index in [0.717, 1.165) is 25.9 Å². The highest BCUT2D eigenvalue weighted by Crippen LogP contribution is 2.14. The van der Waals surface area contributed by atoms with Gasteiger partial charge in [0.15, 0.2) is 0 Å². The molecule has 16 heavy (non-hydrogen) atoms. The van der Waals surface area contributed by atoms with Crippen molar-refractivity contribution < 1.29 is 14.3 Å². The van der Waals surface area contributed by atoms with Gasteiger partial charge in [-0.15, -0.1) is 0 Å². The van der Waals surface area contributed by atoms with Crippen molar-refractivity contribution >= 4 is 5.97 Å². The molecule has 1 aromatic heterocycles. The Balaban J connectivity index is 1.91. The van der Waals surface area contributed by atoms with Gasteiger partial charge >= 0.3 is 5.97 Å². The van der Waals surface area contributed by atoms with Gasteiger partial charge in [0.25, 0.3) is 0 Å². The molecule has 1 saturated heterocycles. The molecular formula is C11H16N2O3. The second kappa shape index (κ2) is 4.67. The number of carboxylic acid groups (broad SMARTS) is 1. The van der Waals surface area contributed by atoms with Crippen LogP contribution in [0.2, 0.25) is 0 Å². The lowest BCUT2D eigenvalue weighted by Crippen LogP contribution is -2.39. The first kappa shape index (κ1) is 11.2. The van der Waals surface area contributed by atoms with Crippen molar-refractivity contribution in [1.29, 1.82) is 0 Å². The maximum Gasteiger partial charge on any atom is 0.338 e. The molecule has 1 fully saturated rings. The van der Waals surface area contributed by atoms with Crippen LogP contribution in [0.5, 0.6) is 0 Å². The average molecular weight is 224 g/mol. The lowest BCUT2D eigenvalue weighted by Gasteiger charge is -2.29. The van der Waals surface area contributed by atoms with Crippen LogP contribution in [0.3, 0.4) is 0 Å². The van der Waals surface area contributed by atoms with E-state index in [-0.39, 0.29) is 5.56 Å². The quantitative estimate of drug-likeness (QED) is 0.797. The molecule has 5 heteroatoms. The summed E-state index contributed by atoms with van der Waals surface area (Å²) in [6.07, 6.45) is 3.27. The van der Waals surface area contributed by atoms with E-state index in [1.165, 1.54) is 6.26 Å². The first-order valence-electron chi connectivity index (χ1n) is 5.44. The topological polar surface area (TPSA) is 79.7 Å². The van der Waals surface area contributed by atoms with E-state index in [2.05, 4.69) is 4.90 Å². The second-order valence-electron chi connectivity index (χ2n) is 4.22. The first-order valence-corrected chi connectivity index (χ1v) is 5.44. The summed E-state index contributed by atoms with van der Waals surface area (Å²) in [5, 5.41) is 8.75. The van der Waals surface area contributed by atoms with Gasteiger partial charge in [0.2, 0.25) is 0 Å². The van der Waals surface area contributed by atoms with Crippen molar-refractivity contribution in [3.8, 4) is 0 Å². The number of nitrogens with zero attached hydrogens (tertiary/aromatic N) is 1. The van der Waals surface area contributed by atoms with E-state index in [4.69, 9.17) is 15.3 Å². The molecule has 2 heterocycles. The van der Waals surface area contributed by atoms with Crippen LogP contribution in [0, 0.1) is 0 Å². The minimum Gasteiger partial charge on any atom is -0.478 e. The molecule has 0 atom stereocenters. The third kappa shape index (κ3) is 2.62. The largest absolute Gasteiger partial charge is 0.478 e. The summed E-state index contributed by atoms with van der Waals surface area (Å²) in [6, 6.07) is 1.89. The molecule has 0 aromatic carbocycles. The van der Waals surface area contributed by atoms with Crippen LogP contribution in [0.4, 0.5) is 0 Å². The summed E-state index contributed by atoms with van der Waals surface area (Å²) in [5.74, 6) is -0.247. The highest BCUT2D eigenvalue weighted by Gasteiger charge is 2.17. The molecular weight excluding hydrogens is 208 g/mol. The molecule has 1 aromatic rings. The minimum absolute atomic E-state index is 0.212. The number of hydrogen-bond acceptors (Lipinski definition) is 4. The summed E-state index contributed by atoms with van der Waals surface area (Å²) in [6.45, 7) is 2.56. The first-order chi connectivity index (χ1) is 7.65. The van der Waals surface area contributed by atoms with Crippen molar-refractivity contribution in [2.45, 2.75) is 25.4 Å². The third-order valence-electron chi connectivity index (χ3n) is 2.91. The molecule has 1 aliphatic heterocycles. The molecule has 0 bridgehead atoms. The van der Waals surface area contributed by atoms with E-state index in [1.807, 2.05) is 0 Å². The molecule has 5 nitrogen and oxygen atoms in total. The molecule has 0 aliphatic carbocycles. The second-order valence-corrected chi connectivity index (χ2v) is 4.22. The predicted octanol–water partition coefficient (Wildman–Crippen LogP) is 0.901. The molecule has 0 saturated carbocycles. The van der Waals surface area contributed by atoms with E-state index >= 15 is 0 Å². The molecule has 1 aliphatic rings. The zero-order valence-electron chi connectivity index (χ0n) is 9.06. The van der Waals surface area contributed by atoms with E-state index in [1.54, 1.807) is 6.07 Å². The van der Waals surface area contributed by atoms with Gasteiger partial charge in [0.05, 0.1) is 12.1 Å². The Bertz CT molecular complexity index is 367. The highest BCUT2D eigenvalue weighted by atomic mass is 16.4. The van der Waals surface area contributed by atoms with Gasteiger partial charge < -0.3 is 15.3 Å². The van der Waals surface area contributed by atoms with E-state index < -0.39 is 5.97 Å². The van der Waals surface area contributed by atoms with Crippen molar-refractivity contribution in [3.63, 3.8) is 0 Å². The number of nitrogens with two attached hydrogens (primary N) is 1. The molecule has 0 unspecified atom stereocenters. The molecule has 0 radical (unpaired) electrons. The fourth-order valence-electron chi connectivity index (χ4n) is 1.91. The fraction of sp³-hybridized carbons (Fsp3) is 0.545. The summed E-state index contributed by atoms with van der Waals surface area (Å²) < 4.78 is 5.20. The number of likely N-dealkylation sites (tertiary alicyclic amines) is 1. The number of hydrogen-bond donors (Lipinski definition) is 2. The maximum atomic E-state index is 10.7. The third-order valence-corrected chi connectivity index (χ3v) is 2.91. The normalized spacial score (nSPS) is 18.8. The summed E-state index contributed by atoms with van der Waals surface area (Å²) in [5.41, 5.74) is 6.02. The van der Waals surface area contributed by atoms with Gasteiger partial charge in [0.1, 0.15) is 12.0 Å². The summed E-state index contributed by atoms with van der Waals surface area (Å²) in [7, 11) is 0. The number of aromatic carboxylic acids is 1. The number of furan rings is 1. The smallest absolute Gasteiger partial charge is 0.338 e. The van der Waals surface area contributed by atoms with Crippen molar-refractivity contribution in [1.82, 2.24) is 4.90 Å². The van der Waals surface area contributed by atoms with E-state index in [0.29, 0.717) is 18.3 Å². The van der Waals surface area contributed by atoms with Gasteiger partial charge in [-0.25, -0.2) is 4.79 Å². The lowest BCUT2D eigenvalue weighted by atomic mass is 10.1. The van der Waals surface area contributed by atoms with Gasteiger partial charge in [-0.3, -0.25) is 4.90 Å². The molecule has 88 valence electrons. The van der Waals surface area contributed by atoms with Crippen LogP contribution < -0.4 is 5.73 Å². The standard InChI is InChI=1S/C11H16N2O3/c12-9-1-3-13(4-2-9)6-10-5-8(7-16-10)11(14)15/h5,7,9H,1-4,6,12H2,(H,14,15). The Morgan fingerprint density at radius 2 is 2.25 bits per heavy atom. The van der Waals surface area contributed by atoms with Crippen LogP contribution in [-0.2, 0) is 6.54 Å². The highest BCUT2D eigenvalue weighted by molar-refractivity contribution is 5.87. The Morgan fingerprint density at radius 1 is 1.56 bits per heavy atom. The SMILES string of the molecule is NC1CCN(Cc2cc(C(=O)O)co2)CC1. The lowest BCUT2D eigenvalue weighted by molar-refractivity contribution is 0.0696. The van der Waals surface area contributed by atoms with Crippen molar-refractivity contribution in [2.75, 3.05) is 13.1 Å². The Kier molecular flexibility index (Phi) is 3.26. The van der Waals surface area contributed by atoms with Crippen molar-refractivity contribution in [2.24, 2.45) is 5.73 Å². The Hall–Kier alpha value is -1.33. The molecule has 3 N–H and O–H groups in total. The van der Waals surface area contributed by atoms with Crippen LogP contribution >= 0.6 is 0 Å². The van der Waals surface area contributed by atoms with Gasteiger partial charge in [-0.2, -0.15) is 0 Å². The Labute approximate surface area is 93.8 Å². The number of piperidine rings is 1. The van der Waals surface area contributed by atoms with Crippen LogP contribution in [0.25, 0.3) is 0 Å². The van der Waals surface area contributed by atoms with E-state index in [9.17, 15) is 4.79 Å². The van der Waals surface area contributed by atoms with Gasteiger partial charge in [-0.1, -0.05) is 0 Å². The summed E-state index contributed by atoms with van der Waals surface area (Å²) >= 11 is 0. The molecule has 2 rings (SSSR count). The molecule has 0 amide bonds. The van der Waals surface area contributed by atoms with Crippen LogP contribution in [0.15, 0.2) is 16.7 Å². The van der Waals surface area contributed by atoms with Crippen LogP contribution in [-0.4, -0.2) is 35.1 Å². The molecule has 0 spiro atoms. The number of carbonyl (C=O) groups is 1. The maximum absolute atomic E-state index is 10.7. The number of rotatable bonds is 3. The minimum atomic E-state index is -0.948. The van der Waals surface area contributed by atoms with Crippen molar-refractivity contribution in [3.05, 3.63) is 23.7 Å². The van der Waals surface area contributed by atoms with Gasteiger partial charge in [0, 0.05) is 19.1 Å². The Morgan fingerprint density at radius 3 is 2.81 bits per heavy atom. The predicted molar refractivity (Wildman–Crippen MR) is 58.2 cm³/mol. The number of carboxylic acids is 1. The zero-order valence-corrected chi connectivity index (χ0v) is 9.06. The van der Waals surface area contributed by atoms with Crippen LogP contribution in [0.1, 0.15) is 29.0 Å². The zero-order chi connectivity index (χ0) is 11.5. The average Bonchev–Trinajstić information content (AvgIpc) is 2.70. The fourth-order valence-corrected chi connectivity index (χ4v) is 1.91. The monoisotopic (exact) mass is 224 g/mol. The summed E-state index contributed by atoms with van der Waals surface area (Å²) in [4.78, 5) is 12.9. The van der Waals surface area contributed by atoms with Gasteiger partial charge in [-0.05, 0) is 18.9 Å².